The molecule has 0 spiro atoms. The Morgan fingerprint density at radius 3 is 2.52 bits per heavy atom. The van der Waals surface area contributed by atoms with Gasteiger partial charge in [-0.05, 0) is 25.0 Å². The largest absolute Gasteiger partial charge is 0.465 e. The van der Waals surface area contributed by atoms with Gasteiger partial charge in [0.05, 0.1) is 23.7 Å². The van der Waals surface area contributed by atoms with Crippen molar-refractivity contribution in [3.05, 3.63) is 33.9 Å². The van der Waals surface area contributed by atoms with Gasteiger partial charge in [-0.3, -0.25) is 10.1 Å². The SMILES string of the molecule is COC(=O)c1ccc([N+](=O)[O-])c(N2CCC(OC)CC2)c1. The topological polar surface area (TPSA) is 81.9 Å². The average molecular weight is 294 g/mol. The van der Waals surface area contributed by atoms with Gasteiger partial charge in [0.15, 0.2) is 0 Å². The molecule has 0 atom stereocenters. The summed E-state index contributed by atoms with van der Waals surface area (Å²) in [5, 5.41) is 11.2. The number of piperidine rings is 1. The highest BCUT2D eigenvalue weighted by Crippen LogP contribution is 2.31. The summed E-state index contributed by atoms with van der Waals surface area (Å²) in [4.78, 5) is 24.3. The van der Waals surface area contributed by atoms with Crippen LogP contribution in [0.3, 0.4) is 0 Å². The van der Waals surface area contributed by atoms with Crippen LogP contribution in [-0.2, 0) is 9.47 Å². The maximum Gasteiger partial charge on any atom is 0.337 e. The summed E-state index contributed by atoms with van der Waals surface area (Å²) in [5.74, 6) is -0.502. The van der Waals surface area contributed by atoms with Crippen LogP contribution in [0, 0.1) is 10.1 Å². The number of esters is 1. The summed E-state index contributed by atoms with van der Waals surface area (Å²) in [7, 11) is 2.95. The molecule has 1 aliphatic heterocycles. The minimum absolute atomic E-state index is 0.00137. The van der Waals surface area contributed by atoms with E-state index in [1.165, 1.54) is 25.3 Å². The Bertz CT molecular complexity index is 538. The van der Waals surface area contributed by atoms with Crippen molar-refractivity contribution >= 4 is 17.3 Å². The van der Waals surface area contributed by atoms with Gasteiger partial charge in [0.2, 0.25) is 0 Å². The molecule has 0 aliphatic carbocycles. The van der Waals surface area contributed by atoms with Gasteiger partial charge in [-0.1, -0.05) is 0 Å². The Morgan fingerprint density at radius 1 is 1.33 bits per heavy atom. The van der Waals surface area contributed by atoms with Crippen LogP contribution in [0.1, 0.15) is 23.2 Å². The Morgan fingerprint density at radius 2 is 2.00 bits per heavy atom. The summed E-state index contributed by atoms with van der Waals surface area (Å²) in [6.45, 7) is 1.31. The number of ether oxygens (including phenoxy) is 2. The number of hydrogen-bond acceptors (Lipinski definition) is 6. The van der Waals surface area contributed by atoms with E-state index in [0.717, 1.165) is 12.8 Å². The molecular formula is C14H18N2O5. The van der Waals surface area contributed by atoms with Crippen molar-refractivity contribution in [2.75, 3.05) is 32.2 Å². The monoisotopic (exact) mass is 294 g/mol. The molecule has 1 aromatic rings. The van der Waals surface area contributed by atoms with Crippen molar-refractivity contribution in [1.82, 2.24) is 0 Å². The zero-order chi connectivity index (χ0) is 15.4. The molecule has 1 fully saturated rings. The third-order valence-electron chi connectivity index (χ3n) is 3.71. The maximum absolute atomic E-state index is 11.6. The van der Waals surface area contributed by atoms with E-state index in [1.54, 1.807) is 7.11 Å². The summed E-state index contributed by atoms with van der Waals surface area (Å²) in [5.41, 5.74) is 0.767. The van der Waals surface area contributed by atoms with Gasteiger partial charge in [0.25, 0.3) is 5.69 Å². The fourth-order valence-electron chi connectivity index (χ4n) is 2.51. The number of nitrogens with zero attached hydrogens (tertiary/aromatic N) is 2. The van der Waals surface area contributed by atoms with Gasteiger partial charge in [-0.25, -0.2) is 4.79 Å². The molecule has 1 heterocycles. The van der Waals surface area contributed by atoms with Gasteiger partial charge in [0.1, 0.15) is 5.69 Å². The van der Waals surface area contributed by atoms with Crippen LogP contribution in [0.5, 0.6) is 0 Å². The van der Waals surface area contributed by atoms with E-state index in [2.05, 4.69) is 4.74 Å². The van der Waals surface area contributed by atoms with Crippen LogP contribution in [-0.4, -0.2) is 44.3 Å². The lowest BCUT2D eigenvalue weighted by Gasteiger charge is -2.32. The molecule has 0 aromatic heterocycles. The molecule has 7 nitrogen and oxygen atoms in total. The molecule has 0 amide bonds. The first-order valence-electron chi connectivity index (χ1n) is 6.71. The number of rotatable bonds is 4. The summed E-state index contributed by atoms with van der Waals surface area (Å²) < 4.78 is 9.96. The summed E-state index contributed by atoms with van der Waals surface area (Å²) in [6, 6.07) is 4.29. The fourth-order valence-corrected chi connectivity index (χ4v) is 2.51. The number of nitro groups is 1. The fraction of sp³-hybridized carbons (Fsp3) is 0.500. The maximum atomic E-state index is 11.6. The van der Waals surface area contributed by atoms with Crippen LogP contribution in [0.25, 0.3) is 0 Å². The van der Waals surface area contributed by atoms with Crippen LogP contribution >= 0.6 is 0 Å². The minimum Gasteiger partial charge on any atom is -0.465 e. The van der Waals surface area contributed by atoms with Crippen LogP contribution in [0.2, 0.25) is 0 Å². The summed E-state index contributed by atoms with van der Waals surface area (Å²) in [6.07, 6.45) is 1.79. The molecule has 0 radical (unpaired) electrons. The summed E-state index contributed by atoms with van der Waals surface area (Å²) >= 11 is 0. The number of anilines is 1. The molecule has 0 N–H and O–H groups in total. The Hall–Kier alpha value is -2.15. The second-order valence-electron chi connectivity index (χ2n) is 4.87. The molecular weight excluding hydrogens is 276 g/mol. The normalized spacial score (nSPS) is 15.8. The Balaban J connectivity index is 2.31. The lowest BCUT2D eigenvalue weighted by molar-refractivity contribution is -0.384. The van der Waals surface area contributed by atoms with Crippen molar-refractivity contribution in [2.45, 2.75) is 18.9 Å². The van der Waals surface area contributed by atoms with Crippen molar-refractivity contribution in [1.29, 1.82) is 0 Å². The first-order valence-corrected chi connectivity index (χ1v) is 6.71. The second kappa shape index (κ2) is 6.53. The number of benzene rings is 1. The van der Waals surface area contributed by atoms with Crippen molar-refractivity contribution in [2.24, 2.45) is 0 Å². The molecule has 1 aromatic carbocycles. The predicted molar refractivity (Wildman–Crippen MR) is 76.7 cm³/mol. The minimum atomic E-state index is -0.502. The molecule has 0 unspecified atom stereocenters. The Labute approximate surface area is 122 Å². The van der Waals surface area contributed by atoms with E-state index in [4.69, 9.17) is 4.74 Å². The average Bonchev–Trinajstić information content (AvgIpc) is 2.53. The molecule has 1 aliphatic rings. The van der Waals surface area contributed by atoms with Gasteiger partial charge >= 0.3 is 5.97 Å². The first-order chi connectivity index (χ1) is 10.1. The third kappa shape index (κ3) is 3.30. The predicted octanol–water partition coefficient (Wildman–Crippen LogP) is 2.00. The van der Waals surface area contributed by atoms with E-state index < -0.39 is 10.9 Å². The van der Waals surface area contributed by atoms with Crippen LogP contribution in [0.15, 0.2) is 18.2 Å². The van der Waals surface area contributed by atoms with E-state index in [0.29, 0.717) is 24.3 Å². The Kier molecular flexibility index (Phi) is 4.74. The van der Waals surface area contributed by atoms with Crippen LogP contribution < -0.4 is 4.90 Å². The molecule has 7 heteroatoms. The van der Waals surface area contributed by atoms with Crippen LogP contribution in [0.4, 0.5) is 11.4 Å². The first kappa shape index (κ1) is 15.2. The third-order valence-corrected chi connectivity index (χ3v) is 3.71. The molecule has 21 heavy (non-hydrogen) atoms. The standard InChI is InChI=1S/C14H18N2O5/c1-20-11-5-7-15(8-6-11)13-9-10(14(17)21-2)3-4-12(13)16(18)19/h3-4,9,11H,5-8H2,1-2H3. The lowest BCUT2D eigenvalue weighted by Crippen LogP contribution is -2.37. The highest BCUT2D eigenvalue weighted by Gasteiger charge is 2.26. The van der Waals surface area contributed by atoms with Crippen molar-refractivity contribution in [3.8, 4) is 0 Å². The van der Waals surface area contributed by atoms with Crippen molar-refractivity contribution < 1.29 is 19.2 Å². The van der Waals surface area contributed by atoms with Gasteiger partial charge in [0, 0.05) is 26.3 Å². The molecule has 114 valence electrons. The quantitative estimate of drug-likeness (QED) is 0.480. The second-order valence-corrected chi connectivity index (χ2v) is 4.87. The smallest absolute Gasteiger partial charge is 0.337 e. The number of methoxy groups -OCH3 is 2. The van der Waals surface area contributed by atoms with E-state index in [1.807, 2.05) is 4.90 Å². The number of carbonyl (C=O) groups is 1. The van der Waals surface area contributed by atoms with E-state index in [9.17, 15) is 14.9 Å². The number of nitro benzene ring substituents is 1. The van der Waals surface area contributed by atoms with Gasteiger partial charge in [-0.2, -0.15) is 0 Å². The molecule has 0 bridgehead atoms. The van der Waals surface area contributed by atoms with E-state index >= 15 is 0 Å². The zero-order valence-electron chi connectivity index (χ0n) is 12.1. The number of hydrogen-bond donors (Lipinski definition) is 0. The van der Waals surface area contributed by atoms with Crippen molar-refractivity contribution in [3.63, 3.8) is 0 Å². The lowest BCUT2D eigenvalue weighted by atomic mass is 10.1. The highest BCUT2D eigenvalue weighted by molar-refractivity contribution is 5.91. The number of carbonyl (C=O) groups excluding carboxylic acids is 1. The molecule has 2 rings (SSSR count). The van der Waals surface area contributed by atoms with Gasteiger partial charge < -0.3 is 14.4 Å². The zero-order valence-corrected chi connectivity index (χ0v) is 12.1. The highest BCUT2D eigenvalue weighted by atomic mass is 16.6. The molecule has 0 saturated carbocycles. The molecule has 1 saturated heterocycles. The van der Waals surface area contributed by atoms with Gasteiger partial charge in [-0.15, -0.1) is 0 Å². The van der Waals surface area contributed by atoms with E-state index in [-0.39, 0.29) is 11.8 Å².